The molecule has 2 aromatic rings. The van der Waals surface area contributed by atoms with E-state index in [4.69, 9.17) is 5.73 Å². The molecule has 4 heteroatoms. The van der Waals surface area contributed by atoms with Crippen molar-refractivity contribution < 1.29 is 9.18 Å². The highest BCUT2D eigenvalue weighted by molar-refractivity contribution is 6.05. The lowest BCUT2D eigenvalue weighted by Gasteiger charge is -2.09. The fourth-order valence-electron chi connectivity index (χ4n) is 1.71. The highest BCUT2D eigenvalue weighted by atomic mass is 19.1. The van der Waals surface area contributed by atoms with E-state index in [1.165, 1.54) is 12.1 Å². The fraction of sp³-hybridized carbons (Fsp3) is 0.133. The average Bonchev–Trinajstić information content (AvgIpc) is 2.37. The van der Waals surface area contributed by atoms with Gasteiger partial charge >= 0.3 is 0 Å². The van der Waals surface area contributed by atoms with Gasteiger partial charge in [-0.25, -0.2) is 4.39 Å². The van der Waals surface area contributed by atoms with Gasteiger partial charge in [0, 0.05) is 16.9 Å². The highest BCUT2D eigenvalue weighted by Crippen LogP contribution is 2.18. The van der Waals surface area contributed by atoms with E-state index in [9.17, 15) is 9.18 Å². The van der Waals surface area contributed by atoms with Crippen molar-refractivity contribution in [3.63, 3.8) is 0 Å². The standard InChI is InChI=1S/C15H15FN2O/c1-9-3-5-11(7-13(9)17)15(19)18-14-8-12(16)6-4-10(14)2/h3-8H,17H2,1-2H3,(H,18,19). The Morgan fingerprint density at radius 3 is 2.47 bits per heavy atom. The van der Waals surface area contributed by atoms with Gasteiger partial charge in [-0.3, -0.25) is 4.79 Å². The van der Waals surface area contributed by atoms with Gasteiger partial charge in [0.05, 0.1) is 0 Å². The summed E-state index contributed by atoms with van der Waals surface area (Å²) in [5.41, 5.74) is 8.95. The predicted octanol–water partition coefficient (Wildman–Crippen LogP) is 3.28. The van der Waals surface area contributed by atoms with Crippen molar-refractivity contribution >= 4 is 17.3 Å². The fourth-order valence-corrected chi connectivity index (χ4v) is 1.71. The molecule has 2 aromatic carbocycles. The van der Waals surface area contributed by atoms with Crippen LogP contribution in [0.15, 0.2) is 36.4 Å². The Morgan fingerprint density at radius 1 is 1.11 bits per heavy atom. The Kier molecular flexibility index (Phi) is 3.51. The second-order valence-electron chi connectivity index (χ2n) is 4.48. The Morgan fingerprint density at radius 2 is 1.79 bits per heavy atom. The van der Waals surface area contributed by atoms with Crippen molar-refractivity contribution in [3.05, 3.63) is 58.9 Å². The molecule has 0 aromatic heterocycles. The molecule has 0 saturated heterocycles. The molecular weight excluding hydrogens is 243 g/mol. The molecule has 0 atom stereocenters. The Balaban J connectivity index is 2.25. The normalized spacial score (nSPS) is 10.3. The van der Waals surface area contributed by atoms with Crippen LogP contribution in [-0.2, 0) is 0 Å². The molecule has 0 aliphatic heterocycles. The SMILES string of the molecule is Cc1ccc(C(=O)Nc2cc(F)ccc2C)cc1N. The smallest absolute Gasteiger partial charge is 0.255 e. The summed E-state index contributed by atoms with van der Waals surface area (Å²) in [6, 6.07) is 9.35. The van der Waals surface area contributed by atoms with Gasteiger partial charge in [0.15, 0.2) is 0 Å². The van der Waals surface area contributed by atoms with Gasteiger partial charge in [0.1, 0.15) is 5.82 Å². The van der Waals surface area contributed by atoms with E-state index in [1.807, 2.05) is 6.92 Å². The quantitative estimate of drug-likeness (QED) is 0.812. The second kappa shape index (κ2) is 5.10. The van der Waals surface area contributed by atoms with Crippen molar-refractivity contribution in [2.24, 2.45) is 0 Å². The summed E-state index contributed by atoms with van der Waals surface area (Å²) in [6.45, 7) is 3.67. The third kappa shape index (κ3) is 2.91. The molecular formula is C15H15FN2O. The van der Waals surface area contributed by atoms with Crippen LogP contribution in [-0.4, -0.2) is 5.91 Å². The van der Waals surface area contributed by atoms with E-state index in [2.05, 4.69) is 5.32 Å². The third-order valence-corrected chi connectivity index (χ3v) is 2.99. The summed E-state index contributed by atoms with van der Waals surface area (Å²) in [5.74, 6) is -0.690. The molecule has 0 unspecified atom stereocenters. The summed E-state index contributed by atoms with van der Waals surface area (Å²) in [4.78, 5) is 12.1. The van der Waals surface area contributed by atoms with Crippen LogP contribution < -0.4 is 11.1 Å². The van der Waals surface area contributed by atoms with E-state index in [1.54, 1.807) is 31.2 Å². The zero-order chi connectivity index (χ0) is 14.0. The minimum absolute atomic E-state index is 0.305. The lowest BCUT2D eigenvalue weighted by molar-refractivity contribution is 0.102. The van der Waals surface area contributed by atoms with Gasteiger partial charge in [0.25, 0.3) is 5.91 Å². The van der Waals surface area contributed by atoms with Crippen LogP contribution in [0.2, 0.25) is 0 Å². The number of hydrogen-bond acceptors (Lipinski definition) is 2. The molecule has 0 aliphatic rings. The lowest BCUT2D eigenvalue weighted by Crippen LogP contribution is -2.13. The third-order valence-electron chi connectivity index (χ3n) is 2.99. The number of nitrogens with one attached hydrogen (secondary N) is 1. The number of hydrogen-bond donors (Lipinski definition) is 2. The topological polar surface area (TPSA) is 55.1 Å². The molecule has 0 spiro atoms. The van der Waals surface area contributed by atoms with Gasteiger partial charge in [-0.05, 0) is 49.2 Å². The molecule has 0 saturated carbocycles. The van der Waals surface area contributed by atoms with E-state index in [0.29, 0.717) is 16.9 Å². The Bertz CT molecular complexity index is 638. The minimum atomic E-state index is -0.385. The number of rotatable bonds is 2. The monoisotopic (exact) mass is 258 g/mol. The second-order valence-corrected chi connectivity index (χ2v) is 4.48. The van der Waals surface area contributed by atoms with Gasteiger partial charge in [-0.2, -0.15) is 0 Å². The average molecular weight is 258 g/mol. The summed E-state index contributed by atoms with van der Waals surface area (Å²) in [5, 5.41) is 2.68. The lowest BCUT2D eigenvalue weighted by atomic mass is 10.1. The molecule has 0 bridgehead atoms. The molecule has 3 N–H and O–H groups in total. The molecule has 0 aliphatic carbocycles. The first-order valence-electron chi connectivity index (χ1n) is 5.91. The largest absolute Gasteiger partial charge is 0.398 e. The molecule has 0 heterocycles. The number of benzene rings is 2. The van der Waals surface area contributed by atoms with Crippen molar-refractivity contribution in [2.45, 2.75) is 13.8 Å². The van der Waals surface area contributed by atoms with Crippen molar-refractivity contribution in [2.75, 3.05) is 11.1 Å². The van der Waals surface area contributed by atoms with E-state index in [0.717, 1.165) is 11.1 Å². The Labute approximate surface area is 111 Å². The van der Waals surface area contributed by atoms with Gasteiger partial charge in [-0.1, -0.05) is 12.1 Å². The first-order valence-corrected chi connectivity index (χ1v) is 5.91. The molecule has 19 heavy (non-hydrogen) atoms. The van der Waals surface area contributed by atoms with E-state index < -0.39 is 0 Å². The number of anilines is 2. The summed E-state index contributed by atoms with van der Waals surface area (Å²) in [7, 11) is 0. The predicted molar refractivity (Wildman–Crippen MR) is 74.7 cm³/mol. The Hall–Kier alpha value is -2.36. The number of aryl methyl sites for hydroxylation is 2. The maximum absolute atomic E-state index is 13.1. The van der Waals surface area contributed by atoms with E-state index in [-0.39, 0.29) is 11.7 Å². The number of halogens is 1. The van der Waals surface area contributed by atoms with Crippen LogP contribution >= 0.6 is 0 Å². The van der Waals surface area contributed by atoms with Crippen molar-refractivity contribution in [1.82, 2.24) is 0 Å². The maximum Gasteiger partial charge on any atom is 0.255 e. The van der Waals surface area contributed by atoms with Crippen LogP contribution in [0.25, 0.3) is 0 Å². The first-order chi connectivity index (χ1) is 8.97. The van der Waals surface area contributed by atoms with Gasteiger partial charge in [-0.15, -0.1) is 0 Å². The zero-order valence-electron chi connectivity index (χ0n) is 10.8. The van der Waals surface area contributed by atoms with Gasteiger partial charge in [0.2, 0.25) is 0 Å². The highest BCUT2D eigenvalue weighted by Gasteiger charge is 2.09. The van der Waals surface area contributed by atoms with Crippen LogP contribution in [0.5, 0.6) is 0 Å². The first kappa shape index (κ1) is 13.1. The number of carbonyl (C=O) groups excluding carboxylic acids is 1. The zero-order valence-corrected chi connectivity index (χ0v) is 10.8. The van der Waals surface area contributed by atoms with Crippen molar-refractivity contribution in [3.8, 4) is 0 Å². The summed E-state index contributed by atoms with van der Waals surface area (Å²) >= 11 is 0. The van der Waals surface area contributed by atoms with E-state index >= 15 is 0 Å². The molecule has 3 nitrogen and oxygen atoms in total. The van der Waals surface area contributed by atoms with Gasteiger partial charge < -0.3 is 11.1 Å². The van der Waals surface area contributed by atoms with Crippen molar-refractivity contribution in [1.29, 1.82) is 0 Å². The van der Waals surface area contributed by atoms with Crippen LogP contribution in [0.1, 0.15) is 21.5 Å². The molecule has 1 amide bonds. The van der Waals surface area contributed by atoms with Crippen LogP contribution in [0.3, 0.4) is 0 Å². The number of nitrogens with two attached hydrogens (primary N) is 1. The minimum Gasteiger partial charge on any atom is -0.398 e. The number of amides is 1. The number of nitrogen functional groups attached to an aromatic ring is 1. The molecule has 0 radical (unpaired) electrons. The van der Waals surface area contributed by atoms with Crippen LogP contribution in [0.4, 0.5) is 15.8 Å². The summed E-state index contributed by atoms with van der Waals surface area (Å²) in [6.07, 6.45) is 0. The maximum atomic E-state index is 13.1. The summed E-state index contributed by atoms with van der Waals surface area (Å²) < 4.78 is 13.1. The molecule has 0 fully saturated rings. The number of carbonyl (C=O) groups is 1. The molecule has 98 valence electrons. The van der Waals surface area contributed by atoms with Crippen LogP contribution in [0, 0.1) is 19.7 Å². The molecule has 2 rings (SSSR count).